The van der Waals surface area contributed by atoms with Crippen molar-refractivity contribution in [2.45, 2.75) is 19.3 Å². The lowest BCUT2D eigenvalue weighted by Gasteiger charge is -2.23. The van der Waals surface area contributed by atoms with E-state index >= 15 is 0 Å². The van der Waals surface area contributed by atoms with Crippen LogP contribution in [0.1, 0.15) is 25.0 Å². The van der Waals surface area contributed by atoms with Crippen molar-refractivity contribution in [3.63, 3.8) is 0 Å². The zero-order chi connectivity index (χ0) is 30.6. The van der Waals surface area contributed by atoms with Gasteiger partial charge in [0.25, 0.3) is 0 Å². The van der Waals surface area contributed by atoms with E-state index in [0.717, 1.165) is 11.2 Å². The Kier molecular flexibility index (Phi) is 5.12. The molecule has 0 radical (unpaired) electrons. The minimum absolute atomic E-state index is 0.149. The highest BCUT2D eigenvalue weighted by atomic mass is 16.3. The molecule has 0 atom stereocenters. The van der Waals surface area contributed by atoms with Gasteiger partial charge in [-0.15, -0.1) is 0 Å². The van der Waals surface area contributed by atoms with Crippen LogP contribution in [0, 0.1) is 0 Å². The summed E-state index contributed by atoms with van der Waals surface area (Å²) in [6.45, 7) is 4.75. The van der Waals surface area contributed by atoms with Crippen LogP contribution in [0.3, 0.4) is 0 Å². The van der Waals surface area contributed by atoms with Gasteiger partial charge in [-0.3, -0.25) is 0 Å². The second kappa shape index (κ2) is 9.19. The molecule has 1 nitrogen and oxygen atoms in total. The summed E-state index contributed by atoms with van der Waals surface area (Å²) in [5, 5.41) is 10.0. The van der Waals surface area contributed by atoms with E-state index in [0.29, 0.717) is 0 Å². The maximum atomic E-state index is 6.37. The van der Waals surface area contributed by atoms with Crippen LogP contribution in [-0.4, -0.2) is 0 Å². The molecule has 0 unspecified atom stereocenters. The molecule has 9 aromatic rings. The highest BCUT2D eigenvalue weighted by molar-refractivity contribution is 6.21. The van der Waals surface area contributed by atoms with Crippen LogP contribution >= 0.6 is 0 Å². The van der Waals surface area contributed by atoms with Gasteiger partial charge in [-0.2, -0.15) is 0 Å². The first-order valence-electron chi connectivity index (χ1n) is 16.1. The van der Waals surface area contributed by atoms with Gasteiger partial charge in [0.15, 0.2) is 0 Å². The summed E-state index contributed by atoms with van der Waals surface area (Å²) >= 11 is 0. The van der Waals surface area contributed by atoms with Gasteiger partial charge >= 0.3 is 0 Å². The van der Waals surface area contributed by atoms with Crippen molar-refractivity contribution in [3.05, 3.63) is 157 Å². The first-order valence-corrected chi connectivity index (χ1v) is 16.1. The van der Waals surface area contributed by atoms with E-state index in [-0.39, 0.29) is 5.41 Å². The van der Waals surface area contributed by atoms with Crippen molar-refractivity contribution < 1.29 is 4.42 Å². The lowest BCUT2D eigenvalue weighted by Crippen LogP contribution is -2.15. The third kappa shape index (κ3) is 3.40. The van der Waals surface area contributed by atoms with Gasteiger partial charge < -0.3 is 4.42 Å². The smallest absolute Gasteiger partial charge is 0.136 e. The molecule has 1 heterocycles. The van der Waals surface area contributed by atoms with Crippen molar-refractivity contribution in [2.75, 3.05) is 0 Å². The Labute approximate surface area is 267 Å². The summed E-state index contributed by atoms with van der Waals surface area (Å²) < 4.78 is 6.37. The van der Waals surface area contributed by atoms with E-state index < -0.39 is 0 Å². The summed E-state index contributed by atoms with van der Waals surface area (Å²) in [6.07, 6.45) is 0. The summed E-state index contributed by atoms with van der Waals surface area (Å²) in [6, 6.07) is 53.4. The van der Waals surface area contributed by atoms with Crippen molar-refractivity contribution in [1.82, 2.24) is 0 Å². The standard InChI is InChI=1S/C45H30O/c1-45(2)39-23-21-29(43-33-17-8-6-15-31(33)42(27-12-4-3-5-13-27)32-16-7-9-18-34(32)43)25-37(39)35-22-20-28-24-38-30-14-10-11-19-40(30)46-41(38)26-36(28)44(35)45/h3-26H,1-2H3. The van der Waals surface area contributed by atoms with E-state index in [1.807, 2.05) is 6.07 Å². The van der Waals surface area contributed by atoms with Gasteiger partial charge in [0, 0.05) is 16.2 Å². The number of fused-ring (bicyclic) bond motifs is 10. The molecule has 0 saturated heterocycles. The second-order valence-electron chi connectivity index (χ2n) is 13.2. The fourth-order valence-electron chi connectivity index (χ4n) is 8.40. The molecule has 0 spiro atoms. The molecule has 0 bridgehead atoms. The molecule has 46 heavy (non-hydrogen) atoms. The molecular formula is C45H30O. The Morgan fingerprint density at radius 2 is 1.02 bits per heavy atom. The Morgan fingerprint density at radius 1 is 0.413 bits per heavy atom. The predicted octanol–water partition coefficient (Wildman–Crippen LogP) is 12.7. The number of furan rings is 1. The molecule has 8 aromatic carbocycles. The van der Waals surface area contributed by atoms with Crippen LogP contribution < -0.4 is 0 Å². The van der Waals surface area contributed by atoms with E-state index in [9.17, 15) is 0 Å². The first-order chi connectivity index (χ1) is 22.6. The molecule has 0 saturated carbocycles. The Balaban J connectivity index is 1.24. The SMILES string of the molecule is CC1(C)c2ccc(-c3c4ccccc4c(-c4ccccc4)c4ccccc34)cc2-c2ccc3cc4c(cc3c21)oc1ccccc14. The zero-order valence-corrected chi connectivity index (χ0v) is 25.8. The van der Waals surface area contributed by atoms with E-state index in [2.05, 4.69) is 153 Å². The molecular weight excluding hydrogens is 556 g/mol. The monoisotopic (exact) mass is 586 g/mol. The minimum atomic E-state index is -0.149. The molecule has 1 aliphatic carbocycles. The molecule has 0 fully saturated rings. The number of benzene rings is 8. The third-order valence-electron chi connectivity index (χ3n) is 10.4. The second-order valence-corrected chi connectivity index (χ2v) is 13.2. The number of para-hydroxylation sites is 1. The van der Waals surface area contributed by atoms with Crippen molar-refractivity contribution in [3.8, 4) is 33.4 Å². The number of rotatable bonds is 2. The maximum absolute atomic E-state index is 6.37. The van der Waals surface area contributed by atoms with E-state index in [4.69, 9.17) is 4.42 Å². The van der Waals surface area contributed by atoms with Crippen LogP contribution in [0.2, 0.25) is 0 Å². The molecule has 1 aliphatic rings. The normalized spacial score (nSPS) is 13.6. The largest absolute Gasteiger partial charge is 0.456 e. The fraction of sp³-hybridized carbons (Fsp3) is 0.0667. The Morgan fingerprint density at radius 3 is 1.72 bits per heavy atom. The highest BCUT2D eigenvalue weighted by Gasteiger charge is 2.37. The lowest BCUT2D eigenvalue weighted by molar-refractivity contribution is 0.663. The van der Waals surface area contributed by atoms with Crippen molar-refractivity contribution in [1.29, 1.82) is 0 Å². The topological polar surface area (TPSA) is 13.1 Å². The quantitative estimate of drug-likeness (QED) is 0.184. The van der Waals surface area contributed by atoms with Gasteiger partial charge in [0.2, 0.25) is 0 Å². The number of hydrogen-bond donors (Lipinski definition) is 0. The van der Waals surface area contributed by atoms with E-state index in [1.54, 1.807) is 0 Å². The first kappa shape index (κ1) is 25.6. The molecule has 0 aliphatic heterocycles. The molecule has 0 amide bonds. The fourth-order valence-corrected chi connectivity index (χ4v) is 8.40. The van der Waals surface area contributed by atoms with Crippen LogP contribution in [0.4, 0.5) is 0 Å². The average molecular weight is 587 g/mol. The third-order valence-corrected chi connectivity index (χ3v) is 10.4. The predicted molar refractivity (Wildman–Crippen MR) is 195 cm³/mol. The molecule has 1 aromatic heterocycles. The van der Waals surface area contributed by atoms with Gasteiger partial charge in [-0.25, -0.2) is 0 Å². The maximum Gasteiger partial charge on any atom is 0.136 e. The zero-order valence-electron chi connectivity index (χ0n) is 25.8. The highest BCUT2D eigenvalue weighted by Crippen LogP contribution is 2.54. The van der Waals surface area contributed by atoms with Crippen molar-refractivity contribution >= 4 is 54.3 Å². The van der Waals surface area contributed by atoms with Gasteiger partial charge in [-0.05, 0) is 101 Å². The van der Waals surface area contributed by atoms with Gasteiger partial charge in [0.05, 0.1) is 0 Å². The molecule has 216 valence electrons. The van der Waals surface area contributed by atoms with Crippen molar-refractivity contribution in [2.24, 2.45) is 0 Å². The molecule has 1 heteroatoms. The minimum Gasteiger partial charge on any atom is -0.456 e. The number of hydrogen-bond acceptors (Lipinski definition) is 1. The van der Waals surface area contributed by atoms with Crippen LogP contribution in [0.15, 0.2) is 150 Å². The molecule has 0 N–H and O–H groups in total. The molecule has 10 rings (SSSR count). The van der Waals surface area contributed by atoms with Crippen LogP contribution in [0.25, 0.3) is 87.6 Å². The van der Waals surface area contributed by atoms with Crippen LogP contribution in [0.5, 0.6) is 0 Å². The summed E-state index contributed by atoms with van der Waals surface area (Å²) in [5.74, 6) is 0. The average Bonchev–Trinajstić information content (AvgIpc) is 3.57. The Bertz CT molecular complexity index is 2650. The van der Waals surface area contributed by atoms with E-state index in [1.165, 1.54) is 87.6 Å². The van der Waals surface area contributed by atoms with Gasteiger partial charge in [-0.1, -0.05) is 135 Å². The lowest BCUT2D eigenvalue weighted by atomic mass is 9.79. The Hall–Kier alpha value is -5.66. The van der Waals surface area contributed by atoms with Crippen LogP contribution in [-0.2, 0) is 5.41 Å². The summed E-state index contributed by atoms with van der Waals surface area (Å²) in [4.78, 5) is 0. The summed E-state index contributed by atoms with van der Waals surface area (Å²) in [5.41, 5.74) is 12.2. The van der Waals surface area contributed by atoms with Gasteiger partial charge in [0.1, 0.15) is 11.2 Å². The summed E-state index contributed by atoms with van der Waals surface area (Å²) in [7, 11) is 0.